The van der Waals surface area contributed by atoms with Crippen LogP contribution in [0.5, 0.6) is 0 Å². The Bertz CT molecular complexity index is 302. The van der Waals surface area contributed by atoms with Gasteiger partial charge in [-0.3, -0.25) is 4.79 Å². The summed E-state index contributed by atoms with van der Waals surface area (Å²) >= 11 is 0. The van der Waals surface area contributed by atoms with Crippen molar-refractivity contribution in [1.82, 2.24) is 5.16 Å². The van der Waals surface area contributed by atoms with Crippen LogP contribution < -0.4 is 0 Å². The molecule has 0 N–H and O–H groups in total. The van der Waals surface area contributed by atoms with E-state index in [0.29, 0.717) is 6.07 Å². The fraction of sp³-hybridized carbons (Fsp3) is 0.333. The minimum Gasteiger partial charge on any atom is -0.351 e. The van der Waals surface area contributed by atoms with Crippen LogP contribution in [0.1, 0.15) is 23.2 Å². The molecular formula is C6H4F3NO2. The summed E-state index contributed by atoms with van der Waals surface area (Å²) < 4.78 is 39.4. The van der Waals surface area contributed by atoms with Crippen LogP contribution in [-0.4, -0.2) is 10.9 Å². The molecule has 0 fully saturated rings. The summed E-state index contributed by atoms with van der Waals surface area (Å²) in [6.45, 7) is 1.11. The van der Waals surface area contributed by atoms with Crippen molar-refractivity contribution in [3.63, 3.8) is 0 Å². The molecule has 0 aliphatic rings. The lowest BCUT2D eigenvalue weighted by Gasteiger charge is -1.97. The Morgan fingerprint density at radius 2 is 2.17 bits per heavy atom. The van der Waals surface area contributed by atoms with Crippen molar-refractivity contribution in [3.05, 3.63) is 17.5 Å². The van der Waals surface area contributed by atoms with E-state index in [1.54, 1.807) is 0 Å². The van der Waals surface area contributed by atoms with Crippen LogP contribution in [0.3, 0.4) is 0 Å². The third kappa shape index (κ3) is 1.63. The lowest BCUT2D eigenvalue weighted by Crippen LogP contribution is -2.02. The summed E-state index contributed by atoms with van der Waals surface area (Å²) in [5.74, 6) is -1.82. The Labute approximate surface area is 65.1 Å². The molecule has 1 aromatic heterocycles. The molecule has 0 amide bonds. The number of alkyl halides is 3. The second-order valence-electron chi connectivity index (χ2n) is 2.13. The maximum Gasteiger partial charge on any atom is 0.452 e. The van der Waals surface area contributed by atoms with E-state index in [1.165, 1.54) is 0 Å². The van der Waals surface area contributed by atoms with Crippen molar-refractivity contribution in [2.24, 2.45) is 0 Å². The number of carbonyl (C=O) groups is 1. The van der Waals surface area contributed by atoms with Crippen molar-refractivity contribution in [2.45, 2.75) is 13.1 Å². The molecule has 1 aromatic rings. The van der Waals surface area contributed by atoms with Gasteiger partial charge in [-0.25, -0.2) is 0 Å². The van der Waals surface area contributed by atoms with E-state index < -0.39 is 17.7 Å². The first-order chi connectivity index (χ1) is 5.41. The summed E-state index contributed by atoms with van der Waals surface area (Å²) in [6.07, 6.45) is -4.58. The van der Waals surface area contributed by atoms with E-state index in [9.17, 15) is 18.0 Å². The molecule has 0 aliphatic heterocycles. The van der Waals surface area contributed by atoms with Gasteiger partial charge in [0.25, 0.3) is 0 Å². The molecule has 1 heterocycles. The lowest BCUT2D eigenvalue weighted by atomic mass is 10.3. The van der Waals surface area contributed by atoms with Gasteiger partial charge in [0.2, 0.25) is 5.76 Å². The number of hydrogen-bond acceptors (Lipinski definition) is 3. The third-order valence-corrected chi connectivity index (χ3v) is 1.15. The molecule has 0 saturated heterocycles. The van der Waals surface area contributed by atoms with Crippen molar-refractivity contribution < 1.29 is 22.5 Å². The molecular weight excluding hydrogens is 175 g/mol. The quantitative estimate of drug-likeness (QED) is 0.618. The molecule has 0 aromatic carbocycles. The third-order valence-electron chi connectivity index (χ3n) is 1.15. The first kappa shape index (κ1) is 8.76. The summed E-state index contributed by atoms with van der Waals surface area (Å²) in [6, 6.07) is 0.572. The van der Waals surface area contributed by atoms with E-state index >= 15 is 0 Å². The topological polar surface area (TPSA) is 43.1 Å². The van der Waals surface area contributed by atoms with E-state index in [-0.39, 0.29) is 5.69 Å². The van der Waals surface area contributed by atoms with Crippen LogP contribution in [0.15, 0.2) is 10.6 Å². The zero-order chi connectivity index (χ0) is 9.35. The summed E-state index contributed by atoms with van der Waals surface area (Å²) in [7, 11) is 0. The predicted molar refractivity (Wildman–Crippen MR) is 31.5 cm³/mol. The number of carbonyl (C=O) groups excluding carboxylic acids is 1. The van der Waals surface area contributed by atoms with Gasteiger partial charge in [0, 0.05) is 13.0 Å². The molecule has 12 heavy (non-hydrogen) atoms. The monoisotopic (exact) mass is 179 g/mol. The van der Waals surface area contributed by atoms with Crippen molar-refractivity contribution in [2.75, 3.05) is 0 Å². The highest BCUT2D eigenvalue weighted by Gasteiger charge is 2.36. The highest BCUT2D eigenvalue weighted by Crippen LogP contribution is 2.29. The van der Waals surface area contributed by atoms with Gasteiger partial charge in [-0.15, -0.1) is 0 Å². The maximum atomic E-state index is 11.8. The smallest absolute Gasteiger partial charge is 0.351 e. The molecule has 3 nitrogen and oxygen atoms in total. The summed E-state index contributed by atoms with van der Waals surface area (Å²) in [5, 5.41) is 2.94. The number of ketones is 1. The van der Waals surface area contributed by atoms with Crippen LogP contribution in [0.2, 0.25) is 0 Å². The van der Waals surface area contributed by atoms with Gasteiger partial charge in [0.1, 0.15) is 5.69 Å². The molecule has 1 rings (SSSR count). The van der Waals surface area contributed by atoms with Gasteiger partial charge in [0.05, 0.1) is 0 Å². The number of halogens is 3. The van der Waals surface area contributed by atoms with Gasteiger partial charge >= 0.3 is 6.18 Å². The fourth-order valence-corrected chi connectivity index (χ4v) is 0.575. The van der Waals surface area contributed by atoms with Crippen molar-refractivity contribution in [1.29, 1.82) is 0 Å². The molecule has 0 spiro atoms. The summed E-state index contributed by atoms with van der Waals surface area (Å²) in [4.78, 5) is 10.5. The Morgan fingerprint density at radius 3 is 2.42 bits per heavy atom. The first-order valence-corrected chi connectivity index (χ1v) is 2.96. The number of nitrogens with zero attached hydrogens (tertiary/aromatic N) is 1. The van der Waals surface area contributed by atoms with Crippen LogP contribution in [-0.2, 0) is 6.18 Å². The highest BCUT2D eigenvalue weighted by molar-refractivity contribution is 5.91. The van der Waals surface area contributed by atoms with Crippen LogP contribution >= 0.6 is 0 Å². The standard InChI is InChI=1S/C6H4F3NO2/c1-3(11)4-2-5(12-10-4)6(7,8)9/h2H,1H3. The van der Waals surface area contributed by atoms with Gasteiger partial charge in [-0.05, 0) is 0 Å². The molecule has 0 unspecified atom stereocenters. The molecule has 0 radical (unpaired) electrons. The van der Waals surface area contributed by atoms with Gasteiger partial charge in [-0.2, -0.15) is 13.2 Å². The molecule has 66 valence electrons. The predicted octanol–water partition coefficient (Wildman–Crippen LogP) is 1.90. The van der Waals surface area contributed by atoms with E-state index in [4.69, 9.17) is 0 Å². The molecule has 0 bridgehead atoms. The van der Waals surface area contributed by atoms with Crippen LogP contribution in [0, 0.1) is 0 Å². The van der Waals surface area contributed by atoms with E-state index in [1.807, 2.05) is 0 Å². The zero-order valence-corrected chi connectivity index (χ0v) is 5.97. The molecule has 6 heteroatoms. The van der Waals surface area contributed by atoms with Gasteiger partial charge in [-0.1, -0.05) is 5.16 Å². The zero-order valence-electron chi connectivity index (χ0n) is 5.97. The van der Waals surface area contributed by atoms with Crippen LogP contribution in [0.25, 0.3) is 0 Å². The highest BCUT2D eigenvalue weighted by atomic mass is 19.4. The minimum atomic E-state index is -4.58. The maximum absolute atomic E-state index is 11.8. The average molecular weight is 179 g/mol. The molecule has 0 saturated carbocycles. The molecule has 0 atom stereocenters. The van der Waals surface area contributed by atoms with Gasteiger partial charge < -0.3 is 4.52 Å². The Kier molecular flexibility index (Phi) is 1.91. The largest absolute Gasteiger partial charge is 0.452 e. The Morgan fingerprint density at radius 1 is 1.58 bits per heavy atom. The second kappa shape index (κ2) is 2.62. The lowest BCUT2D eigenvalue weighted by molar-refractivity contribution is -0.155. The fourth-order valence-electron chi connectivity index (χ4n) is 0.575. The van der Waals surface area contributed by atoms with E-state index in [2.05, 4.69) is 9.68 Å². The minimum absolute atomic E-state index is 0.317. The van der Waals surface area contributed by atoms with Gasteiger partial charge in [0.15, 0.2) is 5.78 Å². The van der Waals surface area contributed by atoms with Crippen molar-refractivity contribution in [3.8, 4) is 0 Å². The normalized spacial score (nSPS) is 11.7. The Hall–Kier alpha value is -1.33. The molecule has 0 aliphatic carbocycles. The second-order valence-corrected chi connectivity index (χ2v) is 2.13. The Balaban J connectivity index is 3.00. The summed E-state index contributed by atoms with van der Waals surface area (Å²) in [5.41, 5.74) is -0.317. The first-order valence-electron chi connectivity index (χ1n) is 2.96. The number of Topliss-reactive ketones (excluding diaryl/α,β-unsaturated/α-hetero) is 1. The number of hydrogen-bond donors (Lipinski definition) is 0. The van der Waals surface area contributed by atoms with E-state index in [0.717, 1.165) is 6.92 Å². The average Bonchev–Trinajstić information content (AvgIpc) is 2.30. The number of aromatic nitrogens is 1. The SMILES string of the molecule is CC(=O)c1cc(C(F)(F)F)on1. The number of rotatable bonds is 1. The van der Waals surface area contributed by atoms with Crippen LogP contribution in [0.4, 0.5) is 13.2 Å². The van der Waals surface area contributed by atoms with Crippen molar-refractivity contribution >= 4 is 5.78 Å².